The Morgan fingerprint density at radius 3 is 2.69 bits per heavy atom. The number of nitrogens with zero attached hydrogens (tertiary/aromatic N) is 4. The highest BCUT2D eigenvalue weighted by molar-refractivity contribution is 5.93. The predicted molar refractivity (Wildman–Crippen MR) is 117 cm³/mol. The van der Waals surface area contributed by atoms with Gasteiger partial charge < -0.3 is 21.3 Å². The zero-order chi connectivity index (χ0) is 23.2. The first-order chi connectivity index (χ1) is 15.2. The molecule has 3 heterocycles. The maximum atomic E-state index is 13.2. The van der Waals surface area contributed by atoms with Crippen LogP contribution in [0.2, 0.25) is 0 Å². The molecule has 1 aromatic carbocycles. The Morgan fingerprint density at radius 2 is 2.03 bits per heavy atom. The Hall–Kier alpha value is -2.96. The lowest BCUT2D eigenvalue weighted by atomic mass is 10.0. The molecule has 32 heavy (non-hydrogen) atoms. The summed E-state index contributed by atoms with van der Waals surface area (Å²) in [6, 6.07) is 7.62. The van der Waals surface area contributed by atoms with Crippen molar-refractivity contribution in [3.8, 4) is 6.07 Å². The third-order valence-corrected chi connectivity index (χ3v) is 7.08. The summed E-state index contributed by atoms with van der Waals surface area (Å²) in [4.78, 5) is 43.0. The summed E-state index contributed by atoms with van der Waals surface area (Å²) in [6.07, 6.45) is 1.37. The molecular weight excluding hydrogens is 408 g/mol. The summed E-state index contributed by atoms with van der Waals surface area (Å²) in [5.41, 5.74) is 12.9. The first-order valence-electron chi connectivity index (χ1n) is 11.1. The maximum absolute atomic E-state index is 13.2. The van der Waals surface area contributed by atoms with Gasteiger partial charge in [-0.1, -0.05) is 19.1 Å². The van der Waals surface area contributed by atoms with E-state index in [1.165, 1.54) is 0 Å². The van der Waals surface area contributed by atoms with Gasteiger partial charge in [0.2, 0.25) is 17.7 Å². The third-order valence-electron chi connectivity index (χ3n) is 7.08. The van der Waals surface area contributed by atoms with E-state index in [-0.39, 0.29) is 35.9 Å². The van der Waals surface area contributed by atoms with Gasteiger partial charge in [-0.05, 0) is 43.4 Å². The molecule has 3 saturated heterocycles. The van der Waals surface area contributed by atoms with E-state index in [1.54, 1.807) is 23.1 Å². The number of amides is 3. The van der Waals surface area contributed by atoms with Gasteiger partial charge in [0.1, 0.15) is 6.04 Å². The van der Waals surface area contributed by atoms with E-state index in [1.807, 2.05) is 29.7 Å². The molecule has 3 amide bonds. The van der Waals surface area contributed by atoms with Gasteiger partial charge in [-0.2, -0.15) is 5.26 Å². The second-order valence-electron chi connectivity index (χ2n) is 9.35. The number of benzene rings is 1. The molecule has 4 unspecified atom stereocenters. The molecule has 3 aliphatic heterocycles. The van der Waals surface area contributed by atoms with Crippen LogP contribution in [-0.4, -0.2) is 76.2 Å². The second-order valence-corrected chi connectivity index (χ2v) is 9.35. The summed E-state index contributed by atoms with van der Waals surface area (Å²) in [5.74, 6) is -0.417. The Labute approximate surface area is 187 Å². The molecule has 0 aromatic heterocycles. The van der Waals surface area contributed by atoms with E-state index < -0.39 is 18.0 Å². The Kier molecular flexibility index (Phi) is 5.93. The van der Waals surface area contributed by atoms with Crippen molar-refractivity contribution in [1.82, 2.24) is 14.7 Å². The molecule has 0 aliphatic carbocycles. The maximum Gasteiger partial charge on any atom is 0.248 e. The zero-order valence-electron chi connectivity index (χ0n) is 18.5. The molecule has 3 fully saturated rings. The fraction of sp³-hybridized carbons (Fsp3) is 0.565. The second kappa shape index (κ2) is 8.52. The van der Waals surface area contributed by atoms with Crippen LogP contribution in [0, 0.1) is 17.2 Å². The number of carbonyl (C=O) groups is 3. The quantitative estimate of drug-likeness (QED) is 0.652. The fourth-order valence-corrected chi connectivity index (χ4v) is 5.47. The number of hydrogen-bond acceptors (Lipinski definition) is 6. The first-order valence-corrected chi connectivity index (χ1v) is 11.1. The lowest BCUT2D eigenvalue weighted by Crippen LogP contribution is -2.56. The number of primary amides is 1. The van der Waals surface area contributed by atoms with Gasteiger partial charge in [-0.15, -0.1) is 0 Å². The van der Waals surface area contributed by atoms with Crippen molar-refractivity contribution in [2.75, 3.05) is 19.6 Å². The van der Waals surface area contributed by atoms with Crippen LogP contribution in [0.25, 0.3) is 0 Å². The summed E-state index contributed by atoms with van der Waals surface area (Å²) in [7, 11) is 0. The minimum Gasteiger partial charge on any atom is -0.366 e. The highest BCUT2D eigenvalue weighted by Gasteiger charge is 2.51. The molecular formula is C23H30N6O3. The molecule has 0 radical (unpaired) electrons. The van der Waals surface area contributed by atoms with Crippen LogP contribution >= 0.6 is 0 Å². The van der Waals surface area contributed by atoms with Crippen molar-refractivity contribution in [1.29, 1.82) is 5.26 Å². The minimum absolute atomic E-state index is 0.0163. The molecule has 170 valence electrons. The van der Waals surface area contributed by atoms with E-state index in [0.29, 0.717) is 38.0 Å². The number of piperazine rings is 1. The highest BCUT2D eigenvalue weighted by atomic mass is 16.2. The van der Waals surface area contributed by atoms with E-state index in [9.17, 15) is 19.6 Å². The van der Waals surface area contributed by atoms with Gasteiger partial charge in [0.05, 0.1) is 24.2 Å². The largest absolute Gasteiger partial charge is 0.366 e. The standard InChI is InChI=1S/C23H30N6O3/c1-13-6-17(9-24)28(10-13)22(31)19(25)12-27-11-18-8-20(27)23(32)29(18)14(2)15-4-3-5-16(7-15)21(26)30/h3-5,7,13-14,17-20H,6,8,10-12,25H2,1-2H3,(H2,26,30)/t13?,14-,17?,18-,19?,20?/m0/s1. The van der Waals surface area contributed by atoms with Crippen LogP contribution in [0.5, 0.6) is 0 Å². The summed E-state index contributed by atoms with van der Waals surface area (Å²) in [5, 5.41) is 9.34. The number of hydrogen-bond donors (Lipinski definition) is 2. The van der Waals surface area contributed by atoms with Gasteiger partial charge in [0.25, 0.3) is 0 Å². The zero-order valence-corrected chi connectivity index (χ0v) is 18.5. The van der Waals surface area contributed by atoms with Gasteiger partial charge in [-0.3, -0.25) is 19.3 Å². The molecule has 0 saturated carbocycles. The number of carbonyl (C=O) groups excluding carboxylic acids is 3. The minimum atomic E-state index is -0.763. The van der Waals surface area contributed by atoms with Crippen LogP contribution in [0.1, 0.15) is 48.7 Å². The van der Waals surface area contributed by atoms with Crippen molar-refractivity contribution >= 4 is 17.7 Å². The van der Waals surface area contributed by atoms with E-state index in [0.717, 1.165) is 5.56 Å². The first kappa shape index (κ1) is 22.2. The Morgan fingerprint density at radius 1 is 1.28 bits per heavy atom. The Balaban J connectivity index is 1.40. The molecule has 9 heteroatoms. The van der Waals surface area contributed by atoms with Crippen LogP contribution in [0.4, 0.5) is 0 Å². The summed E-state index contributed by atoms with van der Waals surface area (Å²) < 4.78 is 0. The number of nitrogens with two attached hydrogens (primary N) is 2. The van der Waals surface area contributed by atoms with Crippen LogP contribution in [-0.2, 0) is 9.59 Å². The normalized spacial score (nSPS) is 29.2. The third kappa shape index (κ3) is 3.85. The lowest BCUT2D eigenvalue weighted by Gasteiger charge is -2.38. The molecule has 2 bridgehead atoms. The average Bonchev–Trinajstić information content (AvgIpc) is 3.44. The topological polar surface area (TPSA) is 137 Å². The van der Waals surface area contributed by atoms with Gasteiger partial charge in [0, 0.05) is 31.2 Å². The molecule has 3 aliphatic rings. The van der Waals surface area contributed by atoms with Gasteiger partial charge in [-0.25, -0.2) is 0 Å². The number of likely N-dealkylation sites (tertiary alicyclic amines) is 3. The SMILES string of the molecule is CC1CC(C#N)N(C(=O)C(N)CN2C[C@@H]3CC2C(=O)N3[C@@H](C)c2cccc(C(N)=O)c2)C1. The van der Waals surface area contributed by atoms with E-state index in [4.69, 9.17) is 11.5 Å². The average molecular weight is 439 g/mol. The van der Waals surface area contributed by atoms with E-state index >= 15 is 0 Å². The smallest absolute Gasteiger partial charge is 0.248 e. The predicted octanol–water partition coefficient (Wildman–Crippen LogP) is 0.219. The fourth-order valence-electron chi connectivity index (χ4n) is 5.47. The summed E-state index contributed by atoms with van der Waals surface area (Å²) >= 11 is 0. The van der Waals surface area contributed by atoms with Crippen LogP contribution in [0.15, 0.2) is 24.3 Å². The molecule has 0 spiro atoms. The molecule has 1 aromatic rings. The van der Waals surface area contributed by atoms with Gasteiger partial charge in [0.15, 0.2) is 0 Å². The van der Waals surface area contributed by atoms with E-state index in [2.05, 4.69) is 6.07 Å². The van der Waals surface area contributed by atoms with Gasteiger partial charge >= 0.3 is 0 Å². The summed E-state index contributed by atoms with van der Waals surface area (Å²) in [6.45, 7) is 5.47. The number of fused-ring (bicyclic) bond motifs is 2. The van der Waals surface area contributed by atoms with Crippen molar-refractivity contribution in [2.45, 2.75) is 56.9 Å². The lowest BCUT2D eigenvalue weighted by molar-refractivity contribution is -0.141. The highest BCUT2D eigenvalue weighted by Crippen LogP contribution is 2.38. The molecule has 4 rings (SSSR count). The number of rotatable bonds is 6. The molecule has 4 N–H and O–H groups in total. The van der Waals surface area contributed by atoms with Crippen molar-refractivity contribution in [3.05, 3.63) is 35.4 Å². The van der Waals surface area contributed by atoms with Crippen molar-refractivity contribution < 1.29 is 14.4 Å². The Bertz CT molecular complexity index is 975. The number of nitriles is 1. The van der Waals surface area contributed by atoms with Crippen molar-refractivity contribution in [2.24, 2.45) is 17.4 Å². The van der Waals surface area contributed by atoms with Crippen molar-refractivity contribution in [3.63, 3.8) is 0 Å². The molecule has 9 nitrogen and oxygen atoms in total. The van der Waals surface area contributed by atoms with Crippen LogP contribution in [0.3, 0.4) is 0 Å². The molecule has 6 atom stereocenters. The monoisotopic (exact) mass is 438 g/mol. The van der Waals surface area contributed by atoms with Crippen LogP contribution < -0.4 is 11.5 Å².